The van der Waals surface area contributed by atoms with E-state index in [-0.39, 0.29) is 17.3 Å². The first-order valence-electron chi connectivity index (χ1n) is 10.7. The van der Waals surface area contributed by atoms with Gasteiger partial charge in [-0.05, 0) is 38.0 Å². The molecule has 0 N–H and O–H groups in total. The van der Waals surface area contributed by atoms with Gasteiger partial charge in [-0.1, -0.05) is 19.3 Å². The molecule has 0 radical (unpaired) electrons. The van der Waals surface area contributed by atoms with Crippen molar-refractivity contribution in [2.75, 3.05) is 39.8 Å². The van der Waals surface area contributed by atoms with Crippen LogP contribution in [-0.4, -0.2) is 79.2 Å². The van der Waals surface area contributed by atoms with Crippen molar-refractivity contribution in [2.24, 2.45) is 0 Å². The van der Waals surface area contributed by atoms with Crippen molar-refractivity contribution in [3.63, 3.8) is 0 Å². The fourth-order valence-corrected chi connectivity index (χ4v) is 6.61. The van der Waals surface area contributed by atoms with E-state index in [9.17, 15) is 13.2 Å². The number of rotatable bonds is 5. The number of aryl methyl sites for hydroxylation is 1. The summed E-state index contributed by atoms with van der Waals surface area (Å²) in [7, 11) is -2.25. The minimum absolute atomic E-state index is 0.126. The normalized spacial score (nSPS) is 19.6. The lowest BCUT2D eigenvalue weighted by atomic mass is 9.94. The first-order chi connectivity index (χ1) is 14.3. The van der Waals surface area contributed by atoms with Crippen LogP contribution in [0.15, 0.2) is 23.1 Å². The molecule has 0 bridgehead atoms. The number of amides is 1. The maximum absolute atomic E-state index is 13.0. The highest BCUT2D eigenvalue weighted by molar-refractivity contribution is 7.89. The second-order valence-corrected chi connectivity index (χ2v) is 11.6. The minimum Gasteiger partial charge on any atom is -0.339 e. The lowest BCUT2D eigenvalue weighted by molar-refractivity contribution is -0.133. The zero-order valence-corrected chi connectivity index (χ0v) is 19.3. The molecule has 1 aromatic heterocycles. The van der Waals surface area contributed by atoms with Gasteiger partial charge in [0.1, 0.15) is 0 Å². The van der Waals surface area contributed by atoms with E-state index >= 15 is 0 Å². The molecule has 2 aliphatic rings. The molecule has 1 saturated heterocycles. The highest BCUT2D eigenvalue weighted by atomic mass is 32.2. The van der Waals surface area contributed by atoms with E-state index < -0.39 is 10.0 Å². The molecule has 1 amide bonds. The number of nitrogens with zero attached hydrogens (tertiary/aromatic N) is 4. The Labute approximate surface area is 182 Å². The monoisotopic (exact) mass is 450 g/mol. The van der Waals surface area contributed by atoms with Crippen LogP contribution in [0.5, 0.6) is 0 Å². The molecule has 2 heterocycles. The molecule has 1 aliphatic heterocycles. The van der Waals surface area contributed by atoms with Crippen LogP contribution < -0.4 is 0 Å². The van der Waals surface area contributed by atoms with Gasteiger partial charge < -0.3 is 4.90 Å². The van der Waals surface area contributed by atoms with E-state index in [4.69, 9.17) is 0 Å². The smallest absolute Gasteiger partial charge is 0.243 e. The number of carbonyl (C=O) groups is 1. The number of hydrogen-bond acceptors (Lipinski definition) is 6. The Morgan fingerprint density at radius 1 is 1.17 bits per heavy atom. The zero-order chi connectivity index (χ0) is 21.3. The van der Waals surface area contributed by atoms with Crippen molar-refractivity contribution in [3.8, 4) is 0 Å². The molecule has 2 aromatic rings. The summed E-state index contributed by atoms with van der Waals surface area (Å²) in [6, 6.07) is 5.61. The molecule has 1 saturated carbocycles. The number of hydrogen-bond donors (Lipinski definition) is 0. The van der Waals surface area contributed by atoms with E-state index in [0.717, 1.165) is 32.6 Å². The molecular formula is C21H30N4O3S2. The number of likely N-dealkylation sites (N-methyl/N-ethyl adjacent to an activating group) is 1. The van der Waals surface area contributed by atoms with Gasteiger partial charge in [-0.2, -0.15) is 4.31 Å². The molecule has 1 aliphatic carbocycles. The first-order valence-corrected chi connectivity index (χ1v) is 13.0. The van der Waals surface area contributed by atoms with Crippen LogP contribution in [-0.2, 0) is 14.8 Å². The van der Waals surface area contributed by atoms with E-state index in [1.807, 2.05) is 6.92 Å². The second kappa shape index (κ2) is 8.90. The lowest BCUT2D eigenvalue weighted by Crippen LogP contribution is -2.54. The second-order valence-electron chi connectivity index (χ2n) is 8.33. The van der Waals surface area contributed by atoms with Gasteiger partial charge in [-0.15, -0.1) is 11.3 Å². The van der Waals surface area contributed by atoms with Crippen molar-refractivity contribution in [1.82, 2.24) is 19.1 Å². The van der Waals surface area contributed by atoms with Gasteiger partial charge in [0, 0.05) is 39.3 Å². The highest BCUT2D eigenvalue weighted by Crippen LogP contribution is 2.26. The molecule has 0 spiro atoms. The van der Waals surface area contributed by atoms with E-state index in [1.54, 1.807) is 23.1 Å². The highest BCUT2D eigenvalue weighted by Gasteiger charge is 2.29. The molecule has 9 heteroatoms. The van der Waals surface area contributed by atoms with Crippen molar-refractivity contribution in [2.45, 2.75) is 50.0 Å². The first kappa shape index (κ1) is 21.7. The Morgan fingerprint density at radius 3 is 2.57 bits per heavy atom. The summed E-state index contributed by atoms with van der Waals surface area (Å²) in [4.78, 5) is 21.7. The summed E-state index contributed by atoms with van der Waals surface area (Å²) in [5.74, 6) is -0.126. The molecule has 0 atom stereocenters. The summed E-state index contributed by atoms with van der Waals surface area (Å²) in [6.07, 6.45) is 6.47. The number of aromatic nitrogens is 1. The van der Waals surface area contributed by atoms with Crippen LogP contribution in [0.1, 0.15) is 37.1 Å². The summed E-state index contributed by atoms with van der Waals surface area (Å²) < 4.78 is 28.0. The van der Waals surface area contributed by atoms with Crippen molar-refractivity contribution >= 4 is 37.5 Å². The van der Waals surface area contributed by atoms with Gasteiger partial charge in [0.25, 0.3) is 0 Å². The zero-order valence-electron chi connectivity index (χ0n) is 17.7. The average molecular weight is 451 g/mol. The Morgan fingerprint density at radius 2 is 1.87 bits per heavy atom. The Hall–Kier alpha value is -1.55. The number of thiazole rings is 1. The van der Waals surface area contributed by atoms with Crippen LogP contribution in [0.25, 0.3) is 10.2 Å². The third kappa shape index (κ3) is 4.54. The Balaban J connectivity index is 1.36. The van der Waals surface area contributed by atoms with Crippen LogP contribution >= 0.6 is 11.3 Å². The quantitative estimate of drug-likeness (QED) is 0.700. The third-order valence-corrected chi connectivity index (χ3v) is 9.02. The van der Waals surface area contributed by atoms with Gasteiger partial charge in [0.2, 0.25) is 15.9 Å². The number of fused-ring (bicyclic) bond motifs is 1. The number of piperazine rings is 1. The van der Waals surface area contributed by atoms with E-state index in [1.165, 1.54) is 50.5 Å². The summed E-state index contributed by atoms with van der Waals surface area (Å²) in [5, 5.41) is 0.899. The van der Waals surface area contributed by atoms with E-state index in [0.29, 0.717) is 19.1 Å². The van der Waals surface area contributed by atoms with Crippen LogP contribution in [0.2, 0.25) is 0 Å². The summed E-state index contributed by atoms with van der Waals surface area (Å²) >= 11 is 1.47. The molecule has 7 nitrogen and oxygen atoms in total. The largest absolute Gasteiger partial charge is 0.339 e. The van der Waals surface area contributed by atoms with Crippen molar-refractivity contribution < 1.29 is 13.2 Å². The van der Waals surface area contributed by atoms with Gasteiger partial charge >= 0.3 is 0 Å². The molecule has 164 valence electrons. The molecule has 1 aromatic carbocycles. The molecule has 4 rings (SSSR count). The van der Waals surface area contributed by atoms with Crippen LogP contribution in [0.4, 0.5) is 0 Å². The maximum Gasteiger partial charge on any atom is 0.243 e. The third-order valence-electron chi connectivity index (χ3n) is 6.29. The number of benzene rings is 1. The summed E-state index contributed by atoms with van der Waals surface area (Å²) in [6.45, 7) is 4.89. The fourth-order valence-electron chi connectivity index (χ4n) is 4.52. The topological polar surface area (TPSA) is 73.8 Å². The fraction of sp³-hybridized carbons (Fsp3) is 0.619. The van der Waals surface area contributed by atoms with Crippen molar-refractivity contribution in [3.05, 3.63) is 23.2 Å². The number of sulfonamides is 1. The van der Waals surface area contributed by atoms with Gasteiger partial charge in [0.05, 0.1) is 26.7 Å². The van der Waals surface area contributed by atoms with Gasteiger partial charge in [-0.25, -0.2) is 13.4 Å². The molecule has 30 heavy (non-hydrogen) atoms. The standard InChI is InChI=1S/C21H30N4O3S2/c1-16-22-19-9-8-18(14-20(19)29-16)30(27,28)23(2)15-21(26)25-12-10-24(11-13-25)17-6-4-3-5-7-17/h8-9,14,17H,3-7,10-13,15H2,1-2H3. The van der Waals surface area contributed by atoms with Gasteiger partial charge in [-0.3, -0.25) is 9.69 Å². The molecule has 0 unspecified atom stereocenters. The maximum atomic E-state index is 13.0. The summed E-state index contributed by atoms with van der Waals surface area (Å²) in [5.41, 5.74) is 0.797. The van der Waals surface area contributed by atoms with E-state index in [2.05, 4.69) is 9.88 Å². The molecule has 2 fully saturated rings. The van der Waals surface area contributed by atoms with Crippen LogP contribution in [0.3, 0.4) is 0 Å². The van der Waals surface area contributed by atoms with Gasteiger partial charge in [0.15, 0.2) is 0 Å². The predicted molar refractivity (Wildman–Crippen MR) is 119 cm³/mol. The minimum atomic E-state index is -3.73. The Bertz CT molecular complexity index is 1010. The van der Waals surface area contributed by atoms with Crippen LogP contribution in [0, 0.1) is 6.92 Å². The van der Waals surface area contributed by atoms with Crippen molar-refractivity contribution in [1.29, 1.82) is 0 Å². The SMILES string of the molecule is Cc1nc2ccc(S(=O)(=O)N(C)CC(=O)N3CCN(C4CCCCC4)CC3)cc2s1. The molecular weight excluding hydrogens is 420 g/mol. The average Bonchev–Trinajstić information content (AvgIpc) is 3.13. The number of carbonyl (C=O) groups excluding carboxylic acids is 1. The predicted octanol–water partition coefficient (Wildman–Crippen LogP) is 2.70. The lowest BCUT2D eigenvalue weighted by Gasteiger charge is -2.41. The Kier molecular flexibility index (Phi) is 6.43.